The van der Waals surface area contributed by atoms with Gasteiger partial charge in [0.1, 0.15) is 6.07 Å². The van der Waals surface area contributed by atoms with Crippen LogP contribution in [0.3, 0.4) is 0 Å². The first kappa shape index (κ1) is 10.3. The fourth-order valence-corrected chi connectivity index (χ4v) is 1.35. The number of benzene rings is 1. The Morgan fingerprint density at radius 2 is 1.69 bits per heavy atom. The lowest BCUT2D eigenvalue weighted by Crippen LogP contribution is -1.94. The van der Waals surface area contributed by atoms with E-state index in [4.69, 9.17) is 40.1 Å². The lowest BCUT2D eigenvalue weighted by atomic mass is 10.1. The lowest BCUT2D eigenvalue weighted by Gasteiger charge is -2.00. The predicted molar refractivity (Wildman–Crippen MR) is 51.4 cm³/mol. The molecule has 0 aliphatic rings. The highest BCUT2D eigenvalue weighted by molar-refractivity contribution is 6.48. The molecule has 5 heteroatoms. The molecule has 13 heavy (non-hydrogen) atoms. The minimum absolute atomic E-state index is 0.141. The molecule has 66 valence electrons. The van der Waals surface area contributed by atoms with Crippen LogP contribution in [0, 0.1) is 11.3 Å². The Kier molecular flexibility index (Phi) is 3.16. The number of nitrogens with zero attached hydrogens (tertiary/aromatic N) is 1. The van der Waals surface area contributed by atoms with Crippen LogP contribution in [-0.2, 0) is 0 Å². The molecule has 0 unspecified atom stereocenters. The summed E-state index contributed by atoms with van der Waals surface area (Å²) in [6.07, 6.45) is 0. The van der Waals surface area contributed by atoms with Crippen LogP contribution in [0.4, 0.5) is 0 Å². The number of rotatable bonds is 1. The minimum atomic E-state index is -0.694. The van der Waals surface area contributed by atoms with E-state index >= 15 is 0 Å². The van der Waals surface area contributed by atoms with Gasteiger partial charge in [0.2, 0.25) is 0 Å². The molecule has 0 aliphatic carbocycles. The molecule has 1 aromatic rings. The second-order valence-corrected chi connectivity index (χ2v) is 3.39. The van der Waals surface area contributed by atoms with E-state index < -0.39 is 5.78 Å². The molecule has 1 rings (SSSR count). The smallest absolute Gasteiger partial charge is 0.262 e. The summed E-state index contributed by atoms with van der Waals surface area (Å²) >= 11 is 16.9. The number of hydrogen-bond acceptors (Lipinski definition) is 2. The average Bonchev–Trinajstić information content (AvgIpc) is 2.12. The summed E-state index contributed by atoms with van der Waals surface area (Å²) < 4.78 is 0. The quantitative estimate of drug-likeness (QED) is 0.425. The van der Waals surface area contributed by atoms with Crippen molar-refractivity contribution in [2.45, 2.75) is 0 Å². The third-order valence-electron chi connectivity index (χ3n) is 1.35. The van der Waals surface area contributed by atoms with Crippen LogP contribution in [-0.4, -0.2) is 5.78 Å². The molecule has 0 spiro atoms. The van der Waals surface area contributed by atoms with Crippen LogP contribution in [0.15, 0.2) is 12.1 Å². The van der Waals surface area contributed by atoms with E-state index in [1.165, 1.54) is 18.2 Å². The first-order valence-corrected chi connectivity index (χ1v) is 4.28. The van der Waals surface area contributed by atoms with Gasteiger partial charge in [0.15, 0.2) is 0 Å². The molecule has 0 heterocycles. The summed E-state index contributed by atoms with van der Waals surface area (Å²) in [6, 6.07) is 4.07. The van der Waals surface area contributed by atoms with Crippen LogP contribution in [0.2, 0.25) is 15.1 Å². The summed E-state index contributed by atoms with van der Waals surface area (Å²) in [7, 11) is 0. The number of nitriles is 1. The maximum absolute atomic E-state index is 10.9. The Labute approximate surface area is 89.6 Å². The summed E-state index contributed by atoms with van der Waals surface area (Å²) in [6.45, 7) is 0. The fraction of sp³-hybridized carbons (Fsp3) is 0. The molecule has 0 atom stereocenters. The van der Waals surface area contributed by atoms with Gasteiger partial charge in [-0.25, -0.2) is 0 Å². The van der Waals surface area contributed by atoms with E-state index in [9.17, 15) is 4.79 Å². The van der Waals surface area contributed by atoms with E-state index in [1.54, 1.807) is 0 Å². The van der Waals surface area contributed by atoms with Crippen LogP contribution in [0.1, 0.15) is 10.4 Å². The number of hydrogen-bond donors (Lipinski definition) is 0. The van der Waals surface area contributed by atoms with E-state index in [0.29, 0.717) is 0 Å². The zero-order valence-corrected chi connectivity index (χ0v) is 8.41. The first-order chi connectivity index (χ1) is 6.06. The number of ketones is 1. The van der Waals surface area contributed by atoms with E-state index in [-0.39, 0.29) is 20.6 Å². The van der Waals surface area contributed by atoms with Crippen molar-refractivity contribution in [2.75, 3.05) is 0 Å². The molecular formula is C8H2Cl3NO. The highest BCUT2D eigenvalue weighted by atomic mass is 35.5. The molecule has 0 radical (unpaired) electrons. The van der Waals surface area contributed by atoms with Crippen molar-refractivity contribution in [3.05, 3.63) is 32.8 Å². The molecule has 0 N–H and O–H groups in total. The van der Waals surface area contributed by atoms with Crippen molar-refractivity contribution in [3.63, 3.8) is 0 Å². The molecule has 0 amide bonds. The number of carbonyl (C=O) groups excluding carboxylic acids is 1. The summed E-state index contributed by atoms with van der Waals surface area (Å²) in [5.74, 6) is -0.694. The normalized spacial score (nSPS) is 9.38. The SMILES string of the molecule is N#CC(=O)c1cc(Cl)c(Cl)c(Cl)c1. The van der Waals surface area contributed by atoms with Crippen molar-refractivity contribution in [3.8, 4) is 6.07 Å². The van der Waals surface area contributed by atoms with Crippen LogP contribution >= 0.6 is 34.8 Å². The van der Waals surface area contributed by atoms with E-state index in [0.717, 1.165) is 0 Å². The third kappa shape index (κ3) is 2.13. The van der Waals surface area contributed by atoms with Gasteiger partial charge in [0.05, 0.1) is 15.1 Å². The molecule has 0 bridgehead atoms. The Hall–Kier alpha value is -0.750. The number of carbonyl (C=O) groups is 1. The third-order valence-corrected chi connectivity index (χ3v) is 2.54. The average molecular weight is 234 g/mol. The monoisotopic (exact) mass is 233 g/mol. The van der Waals surface area contributed by atoms with Gasteiger partial charge in [0.25, 0.3) is 5.78 Å². The minimum Gasteiger partial charge on any atom is -0.277 e. The van der Waals surface area contributed by atoms with Crippen LogP contribution in [0.5, 0.6) is 0 Å². The van der Waals surface area contributed by atoms with Crippen molar-refractivity contribution in [2.24, 2.45) is 0 Å². The van der Waals surface area contributed by atoms with E-state index in [2.05, 4.69) is 0 Å². The number of Topliss-reactive ketones (excluding diaryl/α,β-unsaturated/α-hetero) is 1. The Morgan fingerprint density at radius 1 is 1.23 bits per heavy atom. The van der Waals surface area contributed by atoms with Crippen LogP contribution in [0.25, 0.3) is 0 Å². The maximum atomic E-state index is 10.9. The van der Waals surface area contributed by atoms with E-state index in [1.807, 2.05) is 0 Å². The second kappa shape index (κ2) is 3.97. The standard InChI is InChI=1S/C8H2Cl3NO/c9-5-1-4(7(13)3-12)2-6(10)8(5)11/h1-2H. The van der Waals surface area contributed by atoms with Crippen molar-refractivity contribution in [1.29, 1.82) is 5.26 Å². The molecule has 0 aliphatic heterocycles. The van der Waals surface area contributed by atoms with Gasteiger partial charge in [-0.05, 0) is 12.1 Å². The summed E-state index contributed by atoms with van der Waals surface area (Å²) in [5.41, 5.74) is 0.141. The molecule has 0 fully saturated rings. The van der Waals surface area contributed by atoms with Gasteiger partial charge in [-0.1, -0.05) is 34.8 Å². The highest BCUT2D eigenvalue weighted by Gasteiger charge is 2.10. The topological polar surface area (TPSA) is 40.9 Å². The Bertz CT molecular complexity index is 385. The molecule has 0 aromatic heterocycles. The van der Waals surface area contributed by atoms with Gasteiger partial charge < -0.3 is 0 Å². The fourth-order valence-electron chi connectivity index (χ4n) is 0.751. The van der Waals surface area contributed by atoms with Gasteiger partial charge in [-0.3, -0.25) is 4.79 Å². The molecule has 2 nitrogen and oxygen atoms in total. The largest absolute Gasteiger partial charge is 0.277 e. The number of halogens is 3. The Morgan fingerprint density at radius 3 is 2.08 bits per heavy atom. The van der Waals surface area contributed by atoms with Crippen molar-refractivity contribution < 1.29 is 4.79 Å². The maximum Gasteiger partial charge on any atom is 0.262 e. The van der Waals surface area contributed by atoms with Crippen molar-refractivity contribution >= 4 is 40.6 Å². The zero-order chi connectivity index (χ0) is 10.0. The molecule has 1 aromatic carbocycles. The second-order valence-electron chi connectivity index (χ2n) is 2.19. The van der Waals surface area contributed by atoms with Gasteiger partial charge in [-0.2, -0.15) is 5.26 Å². The van der Waals surface area contributed by atoms with Gasteiger partial charge in [0, 0.05) is 5.56 Å². The summed E-state index contributed by atoms with van der Waals surface area (Å²) in [5, 5.41) is 8.82. The van der Waals surface area contributed by atoms with Crippen LogP contribution < -0.4 is 0 Å². The van der Waals surface area contributed by atoms with Gasteiger partial charge >= 0.3 is 0 Å². The molecule has 0 saturated carbocycles. The molecule has 0 saturated heterocycles. The zero-order valence-electron chi connectivity index (χ0n) is 6.14. The highest BCUT2D eigenvalue weighted by Crippen LogP contribution is 2.31. The predicted octanol–water partition coefficient (Wildman–Crippen LogP) is 3.35. The summed E-state index contributed by atoms with van der Waals surface area (Å²) in [4.78, 5) is 10.9. The van der Waals surface area contributed by atoms with Crippen molar-refractivity contribution in [1.82, 2.24) is 0 Å². The first-order valence-electron chi connectivity index (χ1n) is 3.15. The van der Waals surface area contributed by atoms with Gasteiger partial charge in [-0.15, -0.1) is 0 Å². The molecular weight excluding hydrogens is 232 g/mol. The Balaban J connectivity index is 3.30. The lowest BCUT2D eigenvalue weighted by molar-refractivity contribution is 0.105.